The van der Waals surface area contributed by atoms with Crippen LogP contribution in [0.3, 0.4) is 0 Å². The molecule has 0 amide bonds. The fourth-order valence-corrected chi connectivity index (χ4v) is 3.73. The maximum atomic E-state index is 12.9. The van der Waals surface area contributed by atoms with E-state index in [1.807, 2.05) is 0 Å². The van der Waals surface area contributed by atoms with Crippen LogP contribution in [0.1, 0.15) is 38.4 Å². The maximum Gasteiger partial charge on any atom is 0.339 e. The highest BCUT2D eigenvalue weighted by Crippen LogP contribution is 2.35. The summed E-state index contributed by atoms with van der Waals surface area (Å²) in [6, 6.07) is 8.04. The lowest BCUT2D eigenvalue weighted by Crippen LogP contribution is -2.60. The van der Waals surface area contributed by atoms with E-state index in [1.165, 1.54) is 0 Å². The van der Waals surface area contributed by atoms with Crippen LogP contribution in [-0.2, 0) is 19.1 Å². The molecule has 2 rings (SSSR count). The van der Waals surface area contributed by atoms with Crippen LogP contribution in [0.5, 0.6) is 0 Å². The number of carboxylic acids is 1. The van der Waals surface area contributed by atoms with E-state index in [-0.39, 0.29) is 12.3 Å². The summed E-state index contributed by atoms with van der Waals surface area (Å²) in [6.45, 7) is 2.73. The molecule has 1 aliphatic heterocycles. The quantitative estimate of drug-likeness (QED) is 0.270. The van der Waals surface area contributed by atoms with Gasteiger partial charge in [-0.3, -0.25) is 4.79 Å². The van der Waals surface area contributed by atoms with Crippen LogP contribution in [0.4, 0.5) is 0 Å². The third-order valence-electron chi connectivity index (χ3n) is 5.16. The summed E-state index contributed by atoms with van der Waals surface area (Å²) in [5, 5.41) is 60.1. The number of carbonyl (C=O) groups is 2. The Balaban J connectivity index is 2.40. The van der Waals surface area contributed by atoms with Gasteiger partial charge in [0.1, 0.15) is 30.5 Å². The fourth-order valence-electron chi connectivity index (χ4n) is 3.73. The zero-order valence-electron chi connectivity index (χ0n) is 17.4. The molecule has 0 radical (unpaired) electrons. The molecule has 7 atom stereocenters. The number of aliphatic hydroxyl groups is 5. The minimum atomic E-state index is -2.33. The Morgan fingerprint density at radius 2 is 1.71 bits per heavy atom. The predicted octanol–water partition coefficient (Wildman–Crippen LogP) is -0.635. The smallest absolute Gasteiger partial charge is 0.339 e. The summed E-state index contributed by atoms with van der Waals surface area (Å²) < 4.78 is 11.0. The molecule has 1 aliphatic rings. The molecule has 0 bridgehead atoms. The van der Waals surface area contributed by atoms with E-state index >= 15 is 0 Å². The van der Waals surface area contributed by atoms with Gasteiger partial charge in [0.2, 0.25) is 0 Å². The van der Waals surface area contributed by atoms with E-state index < -0.39 is 67.2 Å². The van der Waals surface area contributed by atoms with Crippen molar-refractivity contribution in [1.82, 2.24) is 0 Å². The molecule has 0 saturated carbocycles. The highest BCUT2D eigenvalue weighted by molar-refractivity contribution is 5.85. The van der Waals surface area contributed by atoms with Gasteiger partial charge in [0.05, 0.1) is 13.0 Å². The molecular formula is C21H30O10. The summed E-state index contributed by atoms with van der Waals surface area (Å²) in [5.41, 5.74) is -2.00. The van der Waals surface area contributed by atoms with Gasteiger partial charge in [-0.25, -0.2) is 4.79 Å². The average molecular weight is 442 g/mol. The van der Waals surface area contributed by atoms with Crippen LogP contribution in [-0.4, -0.2) is 85.3 Å². The number of carbonyl (C=O) groups excluding carboxylic acids is 1. The fraction of sp³-hybridized carbons (Fsp3) is 0.619. The summed E-state index contributed by atoms with van der Waals surface area (Å²) in [5.74, 6) is -2.86. The Morgan fingerprint density at radius 3 is 2.23 bits per heavy atom. The first kappa shape index (κ1) is 25.2. The first-order valence-electron chi connectivity index (χ1n) is 10.0. The van der Waals surface area contributed by atoms with E-state index in [0.717, 1.165) is 0 Å². The van der Waals surface area contributed by atoms with Gasteiger partial charge in [0.15, 0.2) is 11.7 Å². The Labute approximate surface area is 179 Å². The van der Waals surface area contributed by atoms with E-state index in [2.05, 4.69) is 0 Å². The van der Waals surface area contributed by atoms with Crippen molar-refractivity contribution in [3.63, 3.8) is 0 Å². The number of hydrogen-bond donors (Lipinski definition) is 6. The Morgan fingerprint density at radius 1 is 1.10 bits per heavy atom. The van der Waals surface area contributed by atoms with E-state index in [9.17, 15) is 35.1 Å². The van der Waals surface area contributed by atoms with Gasteiger partial charge in [-0.15, -0.1) is 0 Å². The SMILES string of the molecule is CC(C)CC(O)(CC(=O)O)C(=O)OC(c1ccccc1)C1O[C@H](CO)[C@@H](O)[C@H](O)[C@H]1O. The normalized spacial score (nSPS) is 29.2. The summed E-state index contributed by atoms with van der Waals surface area (Å²) in [7, 11) is 0. The Kier molecular flexibility index (Phi) is 8.52. The molecule has 3 unspecified atom stereocenters. The Hall–Kier alpha value is -2.08. The number of rotatable bonds is 9. The zero-order valence-corrected chi connectivity index (χ0v) is 17.4. The molecule has 174 valence electrons. The summed E-state index contributed by atoms with van der Waals surface area (Å²) in [4.78, 5) is 24.2. The van der Waals surface area contributed by atoms with Crippen molar-refractivity contribution in [2.24, 2.45) is 5.92 Å². The summed E-state index contributed by atoms with van der Waals surface area (Å²) in [6.07, 6.45) is -10.1. The van der Waals surface area contributed by atoms with Gasteiger partial charge in [0.25, 0.3) is 0 Å². The van der Waals surface area contributed by atoms with Crippen LogP contribution in [0.25, 0.3) is 0 Å². The number of aliphatic carboxylic acids is 1. The van der Waals surface area contributed by atoms with Crippen LogP contribution in [0, 0.1) is 5.92 Å². The maximum absolute atomic E-state index is 12.9. The van der Waals surface area contributed by atoms with Crippen LogP contribution < -0.4 is 0 Å². The molecule has 1 heterocycles. The molecule has 1 aromatic rings. The topological polar surface area (TPSA) is 174 Å². The molecule has 10 nitrogen and oxygen atoms in total. The lowest BCUT2D eigenvalue weighted by molar-refractivity contribution is -0.256. The van der Waals surface area contributed by atoms with Crippen LogP contribution in [0.15, 0.2) is 30.3 Å². The minimum Gasteiger partial charge on any atom is -0.481 e. The second-order valence-electron chi connectivity index (χ2n) is 8.23. The number of benzene rings is 1. The van der Waals surface area contributed by atoms with Gasteiger partial charge >= 0.3 is 11.9 Å². The number of carboxylic acid groups (broad SMARTS) is 1. The highest BCUT2D eigenvalue weighted by Gasteiger charge is 2.50. The average Bonchev–Trinajstić information content (AvgIpc) is 2.70. The number of esters is 1. The van der Waals surface area contributed by atoms with Crippen molar-refractivity contribution in [1.29, 1.82) is 0 Å². The van der Waals surface area contributed by atoms with Crippen molar-refractivity contribution in [2.75, 3.05) is 6.61 Å². The molecule has 1 aromatic carbocycles. The third kappa shape index (κ3) is 6.00. The van der Waals surface area contributed by atoms with Crippen LogP contribution in [0.2, 0.25) is 0 Å². The van der Waals surface area contributed by atoms with Gasteiger partial charge in [-0.2, -0.15) is 0 Å². The first-order chi connectivity index (χ1) is 14.5. The Bertz CT molecular complexity index is 737. The standard InChI is InChI=1S/C21H30O10/c1-11(2)8-21(29,9-14(23)24)20(28)31-18(12-6-4-3-5-7-12)19-17(27)16(26)15(25)13(10-22)30-19/h3-7,11,13,15-19,22,25-27,29H,8-10H2,1-2H3,(H,23,24)/t13-,15-,16+,17-,18?,19?,21?/m1/s1. The molecule has 6 N–H and O–H groups in total. The molecular weight excluding hydrogens is 412 g/mol. The second kappa shape index (κ2) is 10.5. The predicted molar refractivity (Wildman–Crippen MR) is 106 cm³/mol. The van der Waals surface area contributed by atoms with Gasteiger partial charge in [0, 0.05) is 0 Å². The monoisotopic (exact) mass is 442 g/mol. The molecule has 0 aromatic heterocycles. The van der Waals surface area contributed by atoms with Crippen molar-refractivity contribution < 1.29 is 49.7 Å². The number of hydrogen-bond acceptors (Lipinski definition) is 9. The largest absolute Gasteiger partial charge is 0.481 e. The molecule has 1 fully saturated rings. The number of ether oxygens (including phenoxy) is 2. The highest BCUT2D eigenvalue weighted by atomic mass is 16.6. The van der Waals surface area contributed by atoms with Crippen LogP contribution >= 0.6 is 0 Å². The zero-order chi connectivity index (χ0) is 23.3. The van der Waals surface area contributed by atoms with E-state index in [0.29, 0.717) is 5.56 Å². The lowest BCUT2D eigenvalue weighted by atomic mass is 9.88. The van der Waals surface area contributed by atoms with Crippen molar-refractivity contribution >= 4 is 11.9 Å². The van der Waals surface area contributed by atoms with E-state index in [1.54, 1.807) is 44.2 Å². The molecule has 31 heavy (non-hydrogen) atoms. The van der Waals surface area contributed by atoms with Crippen molar-refractivity contribution in [2.45, 2.75) is 68.9 Å². The molecule has 0 spiro atoms. The summed E-state index contributed by atoms with van der Waals surface area (Å²) >= 11 is 0. The number of aliphatic hydroxyl groups excluding tert-OH is 4. The second-order valence-corrected chi connectivity index (χ2v) is 8.23. The van der Waals surface area contributed by atoms with Gasteiger partial charge in [-0.1, -0.05) is 44.2 Å². The van der Waals surface area contributed by atoms with Crippen molar-refractivity contribution in [3.8, 4) is 0 Å². The minimum absolute atomic E-state index is 0.186. The first-order valence-corrected chi connectivity index (χ1v) is 10.0. The molecule has 1 saturated heterocycles. The van der Waals surface area contributed by atoms with Gasteiger partial charge < -0.3 is 40.1 Å². The van der Waals surface area contributed by atoms with Crippen molar-refractivity contribution in [3.05, 3.63) is 35.9 Å². The van der Waals surface area contributed by atoms with Gasteiger partial charge in [-0.05, 0) is 17.9 Å². The molecule has 0 aliphatic carbocycles. The third-order valence-corrected chi connectivity index (χ3v) is 5.16. The lowest BCUT2D eigenvalue weighted by Gasteiger charge is -2.43. The van der Waals surface area contributed by atoms with E-state index in [4.69, 9.17) is 14.6 Å². The molecule has 10 heteroatoms.